The minimum absolute atomic E-state index is 0.617. The Hall–Kier alpha value is -0.890. The van der Waals surface area contributed by atoms with E-state index in [2.05, 4.69) is 29.4 Å². The molecule has 1 saturated heterocycles. The molecule has 2 nitrogen and oxygen atoms in total. The molecule has 0 aromatic carbocycles. The van der Waals surface area contributed by atoms with Crippen LogP contribution in [-0.4, -0.2) is 18.1 Å². The van der Waals surface area contributed by atoms with Crippen molar-refractivity contribution < 1.29 is 0 Å². The monoisotopic (exact) mass is 162 g/mol. The van der Waals surface area contributed by atoms with E-state index >= 15 is 0 Å². The largest absolute Gasteiger partial charge is 0.316 e. The van der Waals surface area contributed by atoms with Gasteiger partial charge in [0.1, 0.15) is 0 Å². The highest BCUT2D eigenvalue weighted by Crippen LogP contribution is 2.25. The quantitative estimate of drug-likeness (QED) is 0.675. The van der Waals surface area contributed by atoms with Crippen molar-refractivity contribution in [3.63, 3.8) is 0 Å². The van der Waals surface area contributed by atoms with Crippen LogP contribution in [0.15, 0.2) is 24.4 Å². The van der Waals surface area contributed by atoms with Crippen molar-refractivity contribution >= 4 is 0 Å². The van der Waals surface area contributed by atoms with Gasteiger partial charge < -0.3 is 5.32 Å². The third-order valence-electron chi connectivity index (χ3n) is 2.59. The fraction of sp³-hybridized carbons (Fsp3) is 0.500. The number of pyridine rings is 1. The second-order valence-corrected chi connectivity index (χ2v) is 3.50. The lowest BCUT2D eigenvalue weighted by Gasteiger charge is -2.12. The summed E-state index contributed by atoms with van der Waals surface area (Å²) in [6, 6.07) is 6.15. The van der Waals surface area contributed by atoms with E-state index in [9.17, 15) is 0 Å². The lowest BCUT2D eigenvalue weighted by atomic mass is 9.94. The van der Waals surface area contributed by atoms with Gasteiger partial charge in [0.15, 0.2) is 0 Å². The van der Waals surface area contributed by atoms with E-state index in [0.29, 0.717) is 5.92 Å². The molecule has 1 aliphatic heterocycles. The fourth-order valence-electron chi connectivity index (χ4n) is 1.80. The Morgan fingerprint density at radius 2 is 2.33 bits per heavy atom. The second-order valence-electron chi connectivity index (χ2n) is 3.50. The standard InChI is InChI=1S/C10H14N2/c1-8-6-11-7-9(8)10-4-2-3-5-12-10/h2-5,8-9,11H,6-7H2,1H3/t8-,9-/m1/s1. The molecule has 12 heavy (non-hydrogen) atoms. The van der Waals surface area contributed by atoms with Crippen LogP contribution in [0.1, 0.15) is 18.5 Å². The number of hydrogen-bond donors (Lipinski definition) is 1. The molecule has 0 bridgehead atoms. The molecular weight excluding hydrogens is 148 g/mol. The van der Waals surface area contributed by atoms with E-state index in [0.717, 1.165) is 19.0 Å². The van der Waals surface area contributed by atoms with Gasteiger partial charge in [-0.25, -0.2) is 0 Å². The Morgan fingerprint density at radius 3 is 2.92 bits per heavy atom. The topological polar surface area (TPSA) is 24.9 Å². The predicted octanol–water partition coefficient (Wildman–Crippen LogP) is 1.40. The van der Waals surface area contributed by atoms with Crippen molar-refractivity contribution in [1.82, 2.24) is 10.3 Å². The van der Waals surface area contributed by atoms with Crippen molar-refractivity contribution in [2.24, 2.45) is 5.92 Å². The van der Waals surface area contributed by atoms with Crippen LogP contribution >= 0.6 is 0 Å². The zero-order valence-electron chi connectivity index (χ0n) is 7.33. The average Bonchev–Trinajstić information content (AvgIpc) is 2.53. The minimum atomic E-state index is 0.617. The molecule has 1 fully saturated rings. The predicted molar refractivity (Wildman–Crippen MR) is 49.0 cm³/mol. The van der Waals surface area contributed by atoms with Crippen LogP contribution in [-0.2, 0) is 0 Å². The molecule has 0 unspecified atom stereocenters. The molecule has 64 valence electrons. The summed E-state index contributed by atoms with van der Waals surface area (Å²) in [6.07, 6.45) is 1.88. The maximum Gasteiger partial charge on any atom is 0.0450 e. The molecule has 2 atom stereocenters. The molecule has 0 saturated carbocycles. The smallest absolute Gasteiger partial charge is 0.0450 e. The van der Waals surface area contributed by atoms with Crippen LogP contribution < -0.4 is 5.32 Å². The highest BCUT2D eigenvalue weighted by atomic mass is 14.9. The summed E-state index contributed by atoms with van der Waals surface area (Å²) in [6.45, 7) is 4.48. The third-order valence-corrected chi connectivity index (χ3v) is 2.59. The maximum absolute atomic E-state index is 4.37. The SMILES string of the molecule is C[C@@H]1CNC[C@H]1c1ccccn1. The number of aromatic nitrogens is 1. The highest BCUT2D eigenvalue weighted by Gasteiger charge is 2.24. The first-order valence-electron chi connectivity index (χ1n) is 4.49. The summed E-state index contributed by atoms with van der Waals surface area (Å²) in [5.41, 5.74) is 1.23. The molecule has 1 aromatic rings. The van der Waals surface area contributed by atoms with E-state index in [4.69, 9.17) is 0 Å². The van der Waals surface area contributed by atoms with Crippen molar-refractivity contribution in [2.75, 3.05) is 13.1 Å². The third kappa shape index (κ3) is 1.34. The lowest BCUT2D eigenvalue weighted by Crippen LogP contribution is -2.09. The van der Waals surface area contributed by atoms with Gasteiger partial charge in [0, 0.05) is 24.4 Å². The first-order chi connectivity index (χ1) is 5.88. The second kappa shape index (κ2) is 3.23. The van der Waals surface area contributed by atoms with Gasteiger partial charge in [-0.15, -0.1) is 0 Å². The van der Waals surface area contributed by atoms with Crippen LogP contribution in [0.2, 0.25) is 0 Å². The molecule has 1 aromatic heterocycles. The molecule has 0 spiro atoms. The summed E-state index contributed by atoms with van der Waals surface area (Å²) in [5, 5.41) is 3.38. The van der Waals surface area contributed by atoms with Crippen LogP contribution in [0.5, 0.6) is 0 Å². The Kier molecular flexibility index (Phi) is 2.09. The van der Waals surface area contributed by atoms with Gasteiger partial charge in [-0.2, -0.15) is 0 Å². The van der Waals surface area contributed by atoms with Crippen molar-refractivity contribution in [3.05, 3.63) is 30.1 Å². The minimum Gasteiger partial charge on any atom is -0.316 e. The van der Waals surface area contributed by atoms with Gasteiger partial charge in [-0.1, -0.05) is 13.0 Å². The van der Waals surface area contributed by atoms with E-state index in [1.54, 1.807) is 0 Å². The molecule has 2 rings (SSSR count). The molecule has 1 aliphatic rings. The summed E-state index contributed by atoms with van der Waals surface area (Å²) in [7, 11) is 0. The normalized spacial score (nSPS) is 29.1. The van der Waals surface area contributed by atoms with Gasteiger partial charge in [-0.05, 0) is 24.6 Å². The van der Waals surface area contributed by atoms with E-state index < -0.39 is 0 Å². The van der Waals surface area contributed by atoms with Gasteiger partial charge >= 0.3 is 0 Å². The average molecular weight is 162 g/mol. The number of nitrogens with one attached hydrogen (secondary N) is 1. The molecule has 2 heterocycles. The Labute approximate surface area is 73.0 Å². The Balaban J connectivity index is 2.19. The number of nitrogens with zero attached hydrogens (tertiary/aromatic N) is 1. The number of rotatable bonds is 1. The zero-order valence-corrected chi connectivity index (χ0v) is 7.33. The first-order valence-corrected chi connectivity index (χ1v) is 4.49. The van der Waals surface area contributed by atoms with Gasteiger partial charge in [0.25, 0.3) is 0 Å². The van der Waals surface area contributed by atoms with Crippen LogP contribution in [0.3, 0.4) is 0 Å². The van der Waals surface area contributed by atoms with E-state index in [1.807, 2.05) is 12.3 Å². The van der Waals surface area contributed by atoms with Gasteiger partial charge in [0.2, 0.25) is 0 Å². The van der Waals surface area contributed by atoms with Crippen molar-refractivity contribution in [2.45, 2.75) is 12.8 Å². The summed E-state index contributed by atoms with van der Waals surface area (Å²) < 4.78 is 0. The first kappa shape index (κ1) is 7.74. The Morgan fingerprint density at radius 1 is 1.42 bits per heavy atom. The maximum atomic E-state index is 4.37. The van der Waals surface area contributed by atoms with Gasteiger partial charge in [0.05, 0.1) is 0 Å². The Bertz CT molecular complexity index is 245. The van der Waals surface area contributed by atoms with E-state index in [-0.39, 0.29) is 0 Å². The fourth-order valence-corrected chi connectivity index (χ4v) is 1.80. The van der Waals surface area contributed by atoms with Crippen molar-refractivity contribution in [3.8, 4) is 0 Å². The molecule has 0 radical (unpaired) electrons. The molecule has 2 heteroatoms. The highest BCUT2D eigenvalue weighted by molar-refractivity contribution is 5.12. The molecule has 1 N–H and O–H groups in total. The molecule has 0 aliphatic carbocycles. The summed E-state index contributed by atoms with van der Waals surface area (Å²) >= 11 is 0. The lowest BCUT2D eigenvalue weighted by molar-refractivity contribution is 0.560. The van der Waals surface area contributed by atoms with Crippen molar-refractivity contribution in [1.29, 1.82) is 0 Å². The van der Waals surface area contributed by atoms with Gasteiger partial charge in [-0.3, -0.25) is 4.98 Å². The summed E-state index contributed by atoms with van der Waals surface area (Å²) in [5.74, 6) is 1.34. The zero-order chi connectivity index (χ0) is 8.39. The molecule has 0 amide bonds. The number of hydrogen-bond acceptors (Lipinski definition) is 2. The van der Waals surface area contributed by atoms with Crippen LogP contribution in [0.4, 0.5) is 0 Å². The molecular formula is C10H14N2. The summed E-state index contributed by atoms with van der Waals surface area (Å²) in [4.78, 5) is 4.37. The van der Waals surface area contributed by atoms with E-state index in [1.165, 1.54) is 5.69 Å². The van der Waals surface area contributed by atoms with Crippen LogP contribution in [0, 0.1) is 5.92 Å². The van der Waals surface area contributed by atoms with Crippen LogP contribution in [0.25, 0.3) is 0 Å².